The highest BCUT2D eigenvalue weighted by molar-refractivity contribution is 9.10. The first kappa shape index (κ1) is 22.9. The van der Waals surface area contributed by atoms with E-state index in [0.29, 0.717) is 27.6 Å². The van der Waals surface area contributed by atoms with Gasteiger partial charge in [-0.2, -0.15) is 0 Å². The van der Waals surface area contributed by atoms with Crippen LogP contribution >= 0.6 is 27.5 Å². The molecule has 0 saturated carbocycles. The van der Waals surface area contributed by atoms with E-state index >= 15 is 0 Å². The number of halogens is 2. The Morgan fingerprint density at radius 1 is 1.06 bits per heavy atom. The Morgan fingerprint density at radius 2 is 1.76 bits per heavy atom. The molecule has 0 radical (unpaired) electrons. The van der Waals surface area contributed by atoms with Crippen LogP contribution in [-0.2, 0) is 4.79 Å². The fourth-order valence-corrected chi connectivity index (χ4v) is 3.63. The summed E-state index contributed by atoms with van der Waals surface area (Å²) in [5.41, 5.74) is 1.13. The zero-order valence-corrected chi connectivity index (χ0v) is 20.1. The first-order valence-corrected chi connectivity index (χ1v) is 11.2. The normalized spacial score (nSPS) is 11.8. The molecule has 1 N–H and O–H groups in total. The van der Waals surface area contributed by atoms with Crippen molar-refractivity contribution < 1.29 is 18.7 Å². The largest absolute Gasteiger partial charge is 0.497 e. The molecule has 6 nitrogen and oxygen atoms in total. The lowest BCUT2D eigenvalue weighted by Crippen LogP contribution is -2.31. The Hall–Kier alpha value is -3.29. The van der Waals surface area contributed by atoms with E-state index in [-0.39, 0.29) is 16.9 Å². The maximum absolute atomic E-state index is 13.3. The molecular formula is C25H19BrClNO5. The molecule has 1 unspecified atom stereocenters. The average molecular weight is 529 g/mol. The number of benzene rings is 3. The fourth-order valence-electron chi connectivity index (χ4n) is 3.20. The average Bonchev–Trinajstić information content (AvgIpc) is 2.82. The first-order chi connectivity index (χ1) is 15.9. The van der Waals surface area contributed by atoms with E-state index in [1.807, 2.05) is 12.1 Å². The standard InChI is InChI=1S/C25H19BrClNO5/c1-14(25(30)28-18-8-5-16(26)6-9-18)32-24-22(29)20-13-17(27)7-12-21(20)33-23(24)15-3-10-19(31-2)11-4-15/h3-14H,1-2H3,(H,28,30). The molecule has 3 aromatic carbocycles. The number of methoxy groups -OCH3 is 1. The molecular weight excluding hydrogens is 510 g/mol. The lowest BCUT2D eigenvalue weighted by molar-refractivity contribution is -0.122. The maximum Gasteiger partial charge on any atom is 0.265 e. The van der Waals surface area contributed by atoms with Gasteiger partial charge >= 0.3 is 0 Å². The first-order valence-electron chi connectivity index (χ1n) is 9.99. The second kappa shape index (κ2) is 9.68. The Kier molecular flexibility index (Phi) is 6.72. The van der Waals surface area contributed by atoms with E-state index in [2.05, 4.69) is 21.2 Å². The molecule has 0 aliphatic heterocycles. The van der Waals surface area contributed by atoms with Crippen molar-refractivity contribution in [3.63, 3.8) is 0 Å². The van der Waals surface area contributed by atoms with Gasteiger partial charge in [-0.1, -0.05) is 27.5 Å². The quantitative estimate of drug-likeness (QED) is 0.318. The number of hydrogen-bond donors (Lipinski definition) is 1. The third-order valence-electron chi connectivity index (χ3n) is 4.94. The zero-order chi connectivity index (χ0) is 23.5. The second-order valence-electron chi connectivity index (χ2n) is 7.21. The minimum absolute atomic E-state index is 0.0756. The summed E-state index contributed by atoms with van der Waals surface area (Å²) in [7, 11) is 1.56. The molecule has 4 aromatic rings. The van der Waals surface area contributed by atoms with E-state index in [1.54, 1.807) is 62.6 Å². The van der Waals surface area contributed by atoms with Crippen LogP contribution in [0.25, 0.3) is 22.3 Å². The number of amides is 1. The Balaban J connectivity index is 1.73. The van der Waals surface area contributed by atoms with Crippen molar-refractivity contribution in [1.82, 2.24) is 0 Å². The van der Waals surface area contributed by atoms with E-state index in [1.165, 1.54) is 6.07 Å². The summed E-state index contributed by atoms with van der Waals surface area (Å²) >= 11 is 9.44. The Morgan fingerprint density at radius 3 is 2.42 bits per heavy atom. The molecule has 8 heteroatoms. The van der Waals surface area contributed by atoms with Crippen molar-refractivity contribution in [3.05, 3.63) is 86.4 Å². The number of ether oxygens (including phenoxy) is 2. The van der Waals surface area contributed by atoms with Crippen molar-refractivity contribution in [2.45, 2.75) is 13.0 Å². The van der Waals surface area contributed by atoms with E-state index in [4.69, 9.17) is 25.5 Å². The van der Waals surface area contributed by atoms with Gasteiger partial charge in [-0.25, -0.2) is 0 Å². The number of carbonyl (C=O) groups is 1. The molecule has 4 rings (SSSR count). The molecule has 1 amide bonds. The minimum atomic E-state index is -0.981. The van der Waals surface area contributed by atoms with Crippen LogP contribution in [0.15, 0.2) is 80.4 Å². The Labute approximate surface area is 203 Å². The molecule has 0 saturated heterocycles. The third kappa shape index (κ3) is 5.05. The molecule has 1 atom stereocenters. The lowest BCUT2D eigenvalue weighted by atomic mass is 10.1. The molecule has 0 aliphatic carbocycles. The molecule has 1 heterocycles. The SMILES string of the molecule is COc1ccc(-c2oc3ccc(Cl)cc3c(=O)c2OC(C)C(=O)Nc2ccc(Br)cc2)cc1. The highest BCUT2D eigenvalue weighted by Gasteiger charge is 2.23. The van der Waals surface area contributed by atoms with Crippen molar-refractivity contribution >= 4 is 50.1 Å². The van der Waals surface area contributed by atoms with Crippen LogP contribution in [0.2, 0.25) is 5.02 Å². The van der Waals surface area contributed by atoms with Crippen LogP contribution in [0.4, 0.5) is 5.69 Å². The monoisotopic (exact) mass is 527 g/mol. The van der Waals surface area contributed by atoms with Gasteiger partial charge in [0.1, 0.15) is 11.3 Å². The maximum atomic E-state index is 13.3. The van der Waals surface area contributed by atoms with Crippen LogP contribution in [0.3, 0.4) is 0 Å². The summed E-state index contributed by atoms with van der Waals surface area (Å²) in [6, 6.07) is 18.9. The van der Waals surface area contributed by atoms with Crippen molar-refractivity contribution in [3.8, 4) is 22.8 Å². The van der Waals surface area contributed by atoms with Gasteiger partial charge in [0.05, 0.1) is 12.5 Å². The third-order valence-corrected chi connectivity index (χ3v) is 5.70. The molecule has 0 aliphatic rings. The summed E-state index contributed by atoms with van der Waals surface area (Å²) in [5, 5.41) is 3.42. The molecule has 0 bridgehead atoms. The summed E-state index contributed by atoms with van der Waals surface area (Å²) < 4.78 is 18.0. The van der Waals surface area contributed by atoms with Gasteiger partial charge in [0.15, 0.2) is 11.9 Å². The second-order valence-corrected chi connectivity index (χ2v) is 8.57. The highest BCUT2D eigenvalue weighted by atomic mass is 79.9. The van der Waals surface area contributed by atoms with Crippen molar-refractivity contribution in [1.29, 1.82) is 0 Å². The van der Waals surface area contributed by atoms with Gasteiger partial charge in [-0.05, 0) is 73.7 Å². The smallest absolute Gasteiger partial charge is 0.265 e. The summed E-state index contributed by atoms with van der Waals surface area (Å²) in [6.07, 6.45) is -0.981. The topological polar surface area (TPSA) is 77.8 Å². The van der Waals surface area contributed by atoms with Crippen molar-refractivity contribution in [2.75, 3.05) is 12.4 Å². The van der Waals surface area contributed by atoms with Gasteiger partial charge in [-0.3, -0.25) is 9.59 Å². The molecule has 1 aromatic heterocycles. The number of anilines is 1. The number of nitrogens with one attached hydrogen (secondary N) is 1. The van der Waals surface area contributed by atoms with E-state index < -0.39 is 17.4 Å². The van der Waals surface area contributed by atoms with Crippen LogP contribution in [0.1, 0.15) is 6.92 Å². The Bertz CT molecular complexity index is 1370. The number of carbonyl (C=O) groups excluding carboxylic acids is 1. The van der Waals surface area contributed by atoms with Crippen LogP contribution < -0.4 is 20.2 Å². The fraction of sp³-hybridized carbons (Fsp3) is 0.120. The minimum Gasteiger partial charge on any atom is -0.497 e. The molecule has 0 fully saturated rings. The highest BCUT2D eigenvalue weighted by Crippen LogP contribution is 2.33. The van der Waals surface area contributed by atoms with Crippen LogP contribution in [-0.4, -0.2) is 19.1 Å². The van der Waals surface area contributed by atoms with Crippen LogP contribution in [0.5, 0.6) is 11.5 Å². The van der Waals surface area contributed by atoms with Gasteiger partial charge in [0.25, 0.3) is 5.91 Å². The molecule has 33 heavy (non-hydrogen) atoms. The predicted octanol–water partition coefficient (Wildman–Crippen LogP) is 6.29. The van der Waals surface area contributed by atoms with Crippen LogP contribution in [0, 0.1) is 0 Å². The number of hydrogen-bond acceptors (Lipinski definition) is 5. The van der Waals surface area contributed by atoms with E-state index in [0.717, 1.165) is 4.47 Å². The van der Waals surface area contributed by atoms with Gasteiger partial charge in [-0.15, -0.1) is 0 Å². The molecule has 168 valence electrons. The van der Waals surface area contributed by atoms with E-state index in [9.17, 15) is 9.59 Å². The number of rotatable bonds is 6. The van der Waals surface area contributed by atoms with Gasteiger partial charge in [0.2, 0.25) is 11.2 Å². The molecule has 0 spiro atoms. The lowest BCUT2D eigenvalue weighted by Gasteiger charge is -2.17. The van der Waals surface area contributed by atoms with Crippen molar-refractivity contribution in [2.24, 2.45) is 0 Å². The summed E-state index contributed by atoms with van der Waals surface area (Å²) in [5.74, 6) is 0.371. The summed E-state index contributed by atoms with van der Waals surface area (Å²) in [4.78, 5) is 26.1. The predicted molar refractivity (Wildman–Crippen MR) is 132 cm³/mol. The zero-order valence-electron chi connectivity index (χ0n) is 17.7. The number of fused-ring (bicyclic) bond motifs is 1. The van der Waals surface area contributed by atoms with Gasteiger partial charge < -0.3 is 19.2 Å². The van der Waals surface area contributed by atoms with Gasteiger partial charge in [0, 0.05) is 20.7 Å². The summed E-state index contributed by atoms with van der Waals surface area (Å²) in [6.45, 7) is 1.56.